The minimum atomic E-state index is 0.448. The number of anilines is 2. The molecule has 0 fully saturated rings. The molecule has 2 rings (SSSR count). The Morgan fingerprint density at radius 1 is 1.24 bits per heavy atom. The Labute approximate surface area is 110 Å². The van der Waals surface area contributed by atoms with Gasteiger partial charge in [-0.2, -0.15) is 0 Å². The first-order chi connectivity index (χ1) is 8.06. The fourth-order valence-electron chi connectivity index (χ4n) is 1.48. The molecule has 1 aromatic heterocycles. The quantitative estimate of drug-likeness (QED) is 0.826. The van der Waals surface area contributed by atoms with Gasteiger partial charge in [-0.15, -0.1) is 0 Å². The highest BCUT2D eigenvalue weighted by Gasteiger charge is 2.05. The van der Waals surface area contributed by atoms with Crippen LogP contribution in [0.4, 0.5) is 11.4 Å². The third-order valence-corrected chi connectivity index (χ3v) is 3.06. The summed E-state index contributed by atoms with van der Waals surface area (Å²) in [5.41, 5.74) is 7.13. The van der Waals surface area contributed by atoms with E-state index in [9.17, 15) is 0 Å². The number of nitrogens with one attached hydrogen (secondary N) is 1. The Morgan fingerprint density at radius 3 is 2.59 bits per heavy atom. The summed E-state index contributed by atoms with van der Waals surface area (Å²) in [5, 5.41) is 4.07. The smallest absolute Gasteiger partial charge is 0.123 e. The SMILES string of the molecule is Cc1ccc(CNc2cc(Cl)c(Cl)cc2N)o1. The maximum absolute atomic E-state index is 5.92. The molecule has 0 aliphatic rings. The van der Waals surface area contributed by atoms with E-state index in [0.29, 0.717) is 22.3 Å². The van der Waals surface area contributed by atoms with Gasteiger partial charge in [-0.3, -0.25) is 0 Å². The van der Waals surface area contributed by atoms with Gasteiger partial charge in [0.1, 0.15) is 11.5 Å². The normalized spacial score (nSPS) is 10.5. The van der Waals surface area contributed by atoms with E-state index in [1.165, 1.54) is 0 Å². The van der Waals surface area contributed by atoms with E-state index in [0.717, 1.165) is 17.2 Å². The Bertz CT molecular complexity index is 537. The summed E-state index contributed by atoms with van der Waals surface area (Å²) in [5.74, 6) is 1.72. The lowest BCUT2D eigenvalue weighted by atomic mass is 10.2. The number of aryl methyl sites for hydroxylation is 1. The first kappa shape index (κ1) is 12.1. The Kier molecular flexibility index (Phi) is 3.50. The molecule has 0 atom stereocenters. The molecule has 1 heterocycles. The van der Waals surface area contributed by atoms with E-state index in [-0.39, 0.29) is 0 Å². The summed E-state index contributed by atoms with van der Waals surface area (Å²) < 4.78 is 5.44. The van der Waals surface area contributed by atoms with Gasteiger partial charge in [-0.25, -0.2) is 0 Å². The zero-order chi connectivity index (χ0) is 12.4. The minimum absolute atomic E-state index is 0.448. The maximum Gasteiger partial charge on any atom is 0.123 e. The number of furan rings is 1. The van der Waals surface area contributed by atoms with Crippen LogP contribution in [0.3, 0.4) is 0 Å². The molecular formula is C12H12Cl2N2O. The van der Waals surface area contributed by atoms with Crippen LogP contribution >= 0.6 is 23.2 Å². The molecule has 2 aromatic rings. The molecular weight excluding hydrogens is 259 g/mol. The predicted octanol–water partition coefficient (Wildman–Crippen LogP) is 4.09. The van der Waals surface area contributed by atoms with E-state index in [1.807, 2.05) is 19.1 Å². The number of rotatable bonds is 3. The maximum atomic E-state index is 5.92. The molecule has 3 nitrogen and oxygen atoms in total. The van der Waals surface area contributed by atoms with Gasteiger partial charge in [0.15, 0.2) is 0 Å². The molecule has 0 radical (unpaired) electrons. The molecule has 1 aromatic carbocycles. The number of nitrogens with two attached hydrogens (primary N) is 1. The molecule has 90 valence electrons. The van der Waals surface area contributed by atoms with Crippen LogP contribution < -0.4 is 11.1 Å². The molecule has 5 heteroatoms. The molecule has 0 aliphatic carbocycles. The van der Waals surface area contributed by atoms with E-state index >= 15 is 0 Å². The van der Waals surface area contributed by atoms with Gasteiger partial charge in [-0.1, -0.05) is 23.2 Å². The van der Waals surface area contributed by atoms with Crippen LogP contribution in [0.15, 0.2) is 28.7 Å². The first-order valence-corrected chi connectivity index (χ1v) is 5.85. The van der Waals surface area contributed by atoms with Gasteiger partial charge in [0, 0.05) is 0 Å². The summed E-state index contributed by atoms with van der Waals surface area (Å²) in [6.45, 7) is 2.45. The highest BCUT2D eigenvalue weighted by Crippen LogP contribution is 2.30. The van der Waals surface area contributed by atoms with Crippen molar-refractivity contribution in [3.63, 3.8) is 0 Å². The summed E-state index contributed by atoms with van der Waals surface area (Å²) in [4.78, 5) is 0. The lowest BCUT2D eigenvalue weighted by Gasteiger charge is -2.09. The van der Waals surface area contributed by atoms with E-state index in [2.05, 4.69) is 5.32 Å². The van der Waals surface area contributed by atoms with Gasteiger partial charge in [0.25, 0.3) is 0 Å². The van der Waals surface area contributed by atoms with E-state index in [4.69, 9.17) is 33.4 Å². The van der Waals surface area contributed by atoms with E-state index in [1.54, 1.807) is 12.1 Å². The predicted molar refractivity (Wildman–Crippen MR) is 71.6 cm³/mol. The molecule has 0 saturated heterocycles. The number of hydrogen-bond acceptors (Lipinski definition) is 3. The van der Waals surface area contributed by atoms with Gasteiger partial charge >= 0.3 is 0 Å². The van der Waals surface area contributed by atoms with Crippen molar-refractivity contribution >= 4 is 34.6 Å². The van der Waals surface area contributed by atoms with Crippen LogP contribution in [0.1, 0.15) is 11.5 Å². The highest BCUT2D eigenvalue weighted by atomic mass is 35.5. The van der Waals surface area contributed by atoms with Crippen molar-refractivity contribution in [2.75, 3.05) is 11.1 Å². The van der Waals surface area contributed by atoms with Crippen molar-refractivity contribution in [3.05, 3.63) is 45.8 Å². The fraction of sp³-hybridized carbons (Fsp3) is 0.167. The molecule has 17 heavy (non-hydrogen) atoms. The third kappa shape index (κ3) is 2.87. The second kappa shape index (κ2) is 4.90. The summed E-state index contributed by atoms with van der Waals surface area (Å²) in [6.07, 6.45) is 0. The zero-order valence-electron chi connectivity index (χ0n) is 9.26. The monoisotopic (exact) mass is 270 g/mol. The van der Waals surface area contributed by atoms with Crippen LogP contribution in [0, 0.1) is 6.92 Å². The van der Waals surface area contributed by atoms with Crippen molar-refractivity contribution in [2.45, 2.75) is 13.5 Å². The number of hydrogen-bond donors (Lipinski definition) is 2. The Balaban J connectivity index is 2.11. The van der Waals surface area contributed by atoms with E-state index < -0.39 is 0 Å². The van der Waals surface area contributed by atoms with Gasteiger partial charge in [0.05, 0.1) is 28.0 Å². The molecule has 0 unspecified atom stereocenters. The summed E-state index contributed by atoms with van der Waals surface area (Å²) in [6, 6.07) is 7.15. The van der Waals surface area contributed by atoms with Crippen LogP contribution in [0.25, 0.3) is 0 Å². The molecule has 0 spiro atoms. The molecule has 0 saturated carbocycles. The van der Waals surface area contributed by atoms with Crippen molar-refractivity contribution < 1.29 is 4.42 Å². The number of nitrogen functional groups attached to an aromatic ring is 1. The van der Waals surface area contributed by atoms with Gasteiger partial charge < -0.3 is 15.5 Å². The minimum Gasteiger partial charge on any atom is -0.465 e. The number of halogens is 2. The zero-order valence-corrected chi connectivity index (χ0v) is 10.8. The van der Waals surface area contributed by atoms with Gasteiger partial charge in [0.2, 0.25) is 0 Å². The number of benzene rings is 1. The second-order valence-corrected chi connectivity index (χ2v) is 4.53. The first-order valence-electron chi connectivity index (χ1n) is 5.10. The molecule has 0 amide bonds. The van der Waals surface area contributed by atoms with Crippen LogP contribution in [-0.2, 0) is 6.54 Å². The standard InChI is InChI=1S/C12H12Cl2N2O/c1-7-2-3-8(17-7)6-16-12-5-10(14)9(13)4-11(12)15/h2-5,16H,6,15H2,1H3. The van der Waals surface area contributed by atoms with Crippen molar-refractivity contribution in [3.8, 4) is 0 Å². The van der Waals surface area contributed by atoms with Crippen LogP contribution in [0.2, 0.25) is 10.0 Å². The Morgan fingerprint density at radius 2 is 1.94 bits per heavy atom. The average molecular weight is 271 g/mol. The highest BCUT2D eigenvalue weighted by molar-refractivity contribution is 6.42. The van der Waals surface area contributed by atoms with Crippen molar-refractivity contribution in [1.29, 1.82) is 0 Å². The molecule has 3 N–H and O–H groups in total. The second-order valence-electron chi connectivity index (χ2n) is 3.72. The summed E-state index contributed by atoms with van der Waals surface area (Å²) in [7, 11) is 0. The van der Waals surface area contributed by atoms with Crippen LogP contribution in [0.5, 0.6) is 0 Å². The lowest BCUT2D eigenvalue weighted by Crippen LogP contribution is -2.01. The molecule has 0 aliphatic heterocycles. The topological polar surface area (TPSA) is 51.2 Å². The summed E-state index contributed by atoms with van der Waals surface area (Å²) >= 11 is 11.8. The largest absolute Gasteiger partial charge is 0.465 e. The van der Waals surface area contributed by atoms with Crippen molar-refractivity contribution in [1.82, 2.24) is 0 Å². The average Bonchev–Trinajstić information content (AvgIpc) is 2.68. The Hall–Kier alpha value is -1.32. The molecule has 0 bridgehead atoms. The van der Waals surface area contributed by atoms with Crippen LogP contribution in [-0.4, -0.2) is 0 Å². The fourth-order valence-corrected chi connectivity index (χ4v) is 1.81. The van der Waals surface area contributed by atoms with Crippen molar-refractivity contribution in [2.24, 2.45) is 0 Å². The lowest BCUT2D eigenvalue weighted by molar-refractivity contribution is 0.490. The third-order valence-electron chi connectivity index (χ3n) is 2.34. The van der Waals surface area contributed by atoms with Gasteiger partial charge in [-0.05, 0) is 31.2 Å².